The third-order valence-electron chi connectivity index (χ3n) is 1.44. The Balaban J connectivity index is 0.000000321. The molecule has 0 amide bonds. The summed E-state index contributed by atoms with van der Waals surface area (Å²) in [6, 6.07) is 8.30. The monoisotopic (exact) mass is 244 g/mol. The molecule has 5 heteroatoms. The zero-order valence-electron chi connectivity index (χ0n) is 9.12. The molecule has 0 aromatic heterocycles. The second-order valence-corrected chi connectivity index (χ2v) is 2.64. The maximum Gasteiger partial charge on any atom is 0.392 e. The second kappa shape index (κ2) is 8.14. The molecule has 0 saturated carbocycles. The van der Waals surface area contributed by atoms with E-state index in [0.29, 0.717) is 5.56 Å². The normalized spacial score (nSPS) is 7.67. The van der Waals surface area contributed by atoms with E-state index < -0.39 is 17.9 Å². The summed E-state index contributed by atoms with van der Waals surface area (Å²) in [5.74, 6) is 0.0835. The van der Waals surface area contributed by atoms with Gasteiger partial charge in [0, 0.05) is 11.8 Å². The molecule has 1 aromatic carbocycles. The van der Waals surface area contributed by atoms with Gasteiger partial charge in [0.1, 0.15) is 0 Å². The summed E-state index contributed by atoms with van der Waals surface area (Å²) < 4.78 is 3.80. The van der Waals surface area contributed by atoms with Crippen LogP contribution in [0.25, 0.3) is 0 Å². The van der Waals surface area contributed by atoms with Gasteiger partial charge in [-0.15, -0.1) is 12.8 Å². The molecule has 0 saturated heterocycles. The highest BCUT2D eigenvalue weighted by atomic mass is 16.6. The Hall–Kier alpha value is -3.05. The Bertz CT molecular complexity index is 493. The van der Waals surface area contributed by atoms with Crippen molar-refractivity contribution in [1.29, 1.82) is 0 Å². The van der Waals surface area contributed by atoms with E-state index in [1.54, 1.807) is 42.2 Å². The molecule has 1 rings (SSSR count). The summed E-state index contributed by atoms with van der Waals surface area (Å²) in [6.07, 6.45) is 9.06. The minimum absolute atomic E-state index is 0.331. The molecule has 0 spiro atoms. The number of carbonyl (C=O) groups is 3. The van der Waals surface area contributed by atoms with Gasteiger partial charge in [-0.3, -0.25) is 0 Å². The van der Waals surface area contributed by atoms with Crippen LogP contribution in [0.2, 0.25) is 0 Å². The fourth-order valence-electron chi connectivity index (χ4n) is 0.724. The number of hydrogen-bond donors (Lipinski definition) is 1. The van der Waals surface area contributed by atoms with E-state index in [-0.39, 0.29) is 0 Å². The van der Waals surface area contributed by atoms with Gasteiger partial charge in [0.05, 0.1) is 5.56 Å². The molecule has 5 nitrogen and oxygen atoms in total. The van der Waals surface area contributed by atoms with E-state index in [0.717, 1.165) is 0 Å². The van der Waals surface area contributed by atoms with Crippen LogP contribution in [0.3, 0.4) is 0 Å². The molecule has 0 heterocycles. The van der Waals surface area contributed by atoms with E-state index in [1.165, 1.54) is 0 Å². The van der Waals surface area contributed by atoms with Gasteiger partial charge in [-0.25, -0.2) is 14.4 Å². The summed E-state index contributed by atoms with van der Waals surface area (Å²) >= 11 is 0. The Morgan fingerprint density at radius 3 is 1.72 bits per heavy atom. The highest BCUT2D eigenvalue weighted by molar-refractivity contribution is 6.01. The van der Waals surface area contributed by atoms with Gasteiger partial charge in [0.2, 0.25) is 0 Å². The third-order valence-corrected chi connectivity index (χ3v) is 1.44. The Morgan fingerprint density at radius 2 is 1.44 bits per heavy atom. The largest absolute Gasteiger partial charge is 0.478 e. The van der Waals surface area contributed by atoms with Crippen LogP contribution in [-0.2, 0) is 14.3 Å². The quantitative estimate of drug-likeness (QED) is 0.340. The highest BCUT2D eigenvalue weighted by Gasteiger charge is 2.01. The number of terminal acetylenes is 2. The Kier molecular flexibility index (Phi) is 6.76. The standard InChI is InChI=1S/C7H6O2.C6H2O3/c8-7(9)6-4-2-1-3-5-6;1-3-5(7)9-6(8)4-2/h1-5H,(H,8,9);1-2H. The number of aromatic carboxylic acids is 1. The van der Waals surface area contributed by atoms with Crippen LogP contribution >= 0.6 is 0 Å². The molecular weight excluding hydrogens is 236 g/mol. The van der Waals surface area contributed by atoms with E-state index in [2.05, 4.69) is 17.6 Å². The van der Waals surface area contributed by atoms with Crippen molar-refractivity contribution in [2.24, 2.45) is 0 Å². The summed E-state index contributed by atoms with van der Waals surface area (Å²) in [5.41, 5.74) is 0.331. The summed E-state index contributed by atoms with van der Waals surface area (Å²) in [5, 5.41) is 8.38. The predicted octanol–water partition coefficient (Wildman–Crippen LogP) is 0.707. The summed E-state index contributed by atoms with van der Waals surface area (Å²) in [6.45, 7) is 0. The van der Waals surface area contributed by atoms with Crippen molar-refractivity contribution in [3.63, 3.8) is 0 Å². The molecule has 0 atom stereocenters. The van der Waals surface area contributed by atoms with Crippen molar-refractivity contribution in [3.8, 4) is 24.7 Å². The SMILES string of the molecule is C#CC(=O)OC(=O)C#C.O=C(O)c1ccccc1. The molecule has 0 radical (unpaired) electrons. The van der Waals surface area contributed by atoms with E-state index in [9.17, 15) is 14.4 Å². The van der Waals surface area contributed by atoms with Crippen molar-refractivity contribution in [2.45, 2.75) is 0 Å². The first-order valence-corrected chi connectivity index (χ1v) is 4.48. The van der Waals surface area contributed by atoms with Gasteiger partial charge in [0.25, 0.3) is 0 Å². The molecular formula is C13H8O5. The Labute approximate surface area is 103 Å². The molecule has 0 aliphatic rings. The highest BCUT2D eigenvalue weighted by Crippen LogP contribution is 1.96. The smallest absolute Gasteiger partial charge is 0.392 e. The van der Waals surface area contributed by atoms with Crippen molar-refractivity contribution in [1.82, 2.24) is 0 Å². The molecule has 1 aromatic rings. The van der Waals surface area contributed by atoms with Gasteiger partial charge in [0.15, 0.2) is 0 Å². The number of esters is 2. The van der Waals surface area contributed by atoms with Crippen LogP contribution in [0.4, 0.5) is 0 Å². The topological polar surface area (TPSA) is 80.7 Å². The van der Waals surface area contributed by atoms with Crippen molar-refractivity contribution < 1.29 is 24.2 Å². The maximum atomic E-state index is 10.2. The van der Waals surface area contributed by atoms with Crippen LogP contribution in [0.15, 0.2) is 30.3 Å². The number of carbonyl (C=O) groups excluding carboxylic acids is 2. The molecule has 18 heavy (non-hydrogen) atoms. The van der Waals surface area contributed by atoms with Gasteiger partial charge in [-0.05, 0) is 12.1 Å². The van der Waals surface area contributed by atoms with Gasteiger partial charge in [-0.2, -0.15) is 0 Å². The summed E-state index contributed by atoms with van der Waals surface area (Å²) in [4.78, 5) is 30.2. The van der Waals surface area contributed by atoms with Gasteiger partial charge < -0.3 is 9.84 Å². The molecule has 0 fully saturated rings. The van der Waals surface area contributed by atoms with Crippen LogP contribution < -0.4 is 0 Å². The fourth-order valence-corrected chi connectivity index (χ4v) is 0.724. The lowest BCUT2D eigenvalue weighted by Gasteiger charge is -1.88. The molecule has 0 aliphatic carbocycles. The number of benzene rings is 1. The average molecular weight is 244 g/mol. The second-order valence-electron chi connectivity index (χ2n) is 2.64. The van der Waals surface area contributed by atoms with E-state index in [4.69, 9.17) is 5.11 Å². The predicted molar refractivity (Wildman–Crippen MR) is 62.2 cm³/mol. The number of ether oxygens (including phenoxy) is 1. The zero-order chi connectivity index (χ0) is 14.0. The maximum absolute atomic E-state index is 10.2. The van der Waals surface area contributed by atoms with Crippen LogP contribution in [-0.4, -0.2) is 23.0 Å². The lowest BCUT2D eigenvalue weighted by atomic mass is 10.2. The first kappa shape index (κ1) is 15.0. The lowest BCUT2D eigenvalue weighted by Crippen LogP contribution is -2.06. The molecule has 0 aliphatic heterocycles. The molecule has 1 N–H and O–H groups in total. The van der Waals surface area contributed by atoms with E-state index >= 15 is 0 Å². The van der Waals surface area contributed by atoms with Crippen molar-refractivity contribution >= 4 is 17.9 Å². The van der Waals surface area contributed by atoms with Gasteiger partial charge in [-0.1, -0.05) is 18.2 Å². The van der Waals surface area contributed by atoms with Crippen LogP contribution in [0.5, 0.6) is 0 Å². The zero-order valence-corrected chi connectivity index (χ0v) is 9.12. The fraction of sp³-hybridized carbons (Fsp3) is 0. The first-order chi connectivity index (χ1) is 8.51. The Morgan fingerprint density at radius 1 is 1.00 bits per heavy atom. The molecule has 90 valence electrons. The number of carboxylic acids is 1. The summed E-state index contributed by atoms with van der Waals surface area (Å²) in [7, 11) is 0. The number of hydrogen-bond acceptors (Lipinski definition) is 4. The minimum Gasteiger partial charge on any atom is -0.478 e. The number of rotatable bonds is 1. The molecule has 0 bridgehead atoms. The van der Waals surface area contributed by atoms with Crippen LogP contribution in [0, 0.1) is 24.7 Å². The molecule has 0 unspecified atom stereocenters. The van der Waals surface area contributed by atoms with Crippen molar-refractivity contribution in [2.75, 3.05) is 0 Å². The van der Waals surface area contributed by atoms with E-state index in [1.807, 2.05) is 0 Å². The lowest BCUT2D eigenvalue weighted by molar-refractivity contribution is -0.151. The first-order valence-electron chi connectivity index (χ1n) is 4.48. The average Bonchev–Trinajstić information content (AvgIpc) is 2.40. The van der Waals surface area contributed by atoms with Crippen molar-refractivity contribution in [3.05, 3.63) is 35.9 Å². The third kappa shape index (κ3) is 6.44. The van der Waals surface area contributed by atoms with Gasteiger partial charge >= 0.3 is 17.9 Å². The van der Waals surface area contributed by atoms with Crippen LogP contribution in [0.1, 0.15) is 10.4 Å². The number of carboxylic acid groups (broad SMARTS) is 1. The minimum atomic E-state index is -1.07.